The Bertz CT molecular complexity index is 652. The van der Waals surface area contributed by atoms with E-state index in [0.717, 1.165) is 62.1 Å². The Kier molecular flexibility index (Phi) is 8.15. The molecule has 0 aliphatic heterocycles. The van der Waals surface area contributed by atoms with Crippen LogP contribution in [0.4, 0.5) is 5.69 Å². The Balaban J connectivity index is 1.35. The normalized spacial score (nSPS) is 17.5. The quantitative estimate of drug-likeness (QED) is 0.328. The van der Waals surface area contributed by atoms with Crippen LogP contribution in [-0.2, 0) is 16.1 Å². The maximum Gasteiger partial charge on any atom is 0.227 e. The molecule has 1 aromatic rings. The van der Waals surface area contributed by atoms with E-state index in [0.29, 0.717) is 6.54 Å². The number of carbonyl (C=O) groups is 1. The van der Waals surface area contributed by atoms with Gasteiger partial charge >= 0.3 is 0 Å². The lowest BCUT2D eigenvalue weighted by molar-refractivity contribution is -0.119. The average Bonchev–Trinajstić information content (AvgIpc) is 3.36. The predicted molar refractivity (Wildman–Crippen MR) is 113 cm³/mol. The van der Waals surface area contributed by atoms with Gasteiger partial charge in [-0.1, -0.05) is 25.0 Å². The van der Waals surface area contributed by atoms with Crippen LogP contribution in [0.1, 0.15) is 50.5 Å². The van der Waals surface area contributed by atoms with E-state index in [1.165, 1.54) is 25.7 Å². The third-order valence-corrected chi connectivity index (χ3v) is 5.41. The van der Waals surface area contributed by atoms with Gasteiger partial charge in [-0.25, -0.2) is 0 Å². The number of hydrogen-bond donors (Lipinski definition) is 3. The Hall–Kier alpha value is -2.08. The molecule has 1 amide bonds. The molecular weight excluding hydrogens is 352 g/mol. The number of benzene rings is 1. The zero-order valence-electron chi connectivity index (χ0n) is 17.0. The number of ether oxygens (including phenoxy) is 1. The number of nitrogens with one attached hydrogen (secondary N) is 3. The van der Waals surface area contributed by atoms with Gasteiger partial charge in [-0.3, -0.25) is 9.79 Å². The van der Waals surface area contributed by atoms with Crippen molar-refractivity contribution in [1.29, 1.82) is 0 Å². The topological polar surface area (TPSA) is 74.8 Å². The van der Waals surface area contributed by atoms with Gasteiger partial charge in [0.2, 0.25) is 5.91 Å². The summed E-state index contributed by atoms with van der Waals surface area (Å²) in [5, 5.41) is 9.71. The van der Waals surface area contributed by atoms with Crippen molar-refractivity contribution in [2.75, 3.05) is 32.1 Å². The van der Waals surface area contributed by atoms with Crippen LogP contribution in [0, 0.1) is 11.8 Å². The molecule has 3 rings (SSSR count). The van der Waals surface area contributed by atoms with Gasteiger partial charge in [0.1, 0.15) is 0 Å². The molecular formula is C22H34N4O2. The SMILES string of the molecule is CN=C(NCCCOCC1CC1)NCc1cccc(NC(=O)C2CCCC2)c1. The predicted octanol–water partition coefficient (Wildman–Crippen LogP) is 3.30. The minimum Gasteiger partial charge on any atom is -0.381 e. The van der Waals surface area contributed by atoms with Crippen LogP contribution in [0.15, 0.2) is 29.3 Å². The van der Waals surface area contributed by atoms with E-state index in [9.17, 15) is 4.79 Å². The van der Waals surface area contributed by atoms with E-state index in [4.69, 9.17) is 4.74 Å². The molecule has 1 aromatic carbocycles. The summed E-state index contributed by atoms with van der Waals surface area (Å²) in [6.07, 6.45) is 8.00. The fraction of sp³-hybridized carbons (Fsp3) is 0.636. The molecule has 0 heterocycles. The third kappa shape index (κ3) is 7.15. The number of nitrogens with zero attached hydrogens (tertiary/aromatic N) is 1. The molecule has 6 heteroatoms. The van der Waals surface area contributed by atoms with E-state index in [2.05, 4.69) is 27.0 Å². The molecule has 6 nitrogen and oxygen atoms in total. The highest BCUT2D eigenvalue weighted by Crippen LogP contribution is 2.28. The van der Waals surface area contributed by atoms with Crippen LogP contribution in [0.25, 0.3) is 0 Å². The minimum absolute atomic E-state index is 0.156. The lowest BCUT2D eigenvalue weighted by Gasteiger charge is -2.14. The lowest BCUT2D eigenvalue weighted by Crippen LogP contribution is -2.37. The van der Waals surface area contributed by atoms with Crippen LogP contribution >= 0.6 is 0 Å². The smallest absolute Gasteiger partial charge is 0.227 e. The van der Waals surface area contributed by atoms with Gasteiger partial charge < -0.3 is 20.7 Å². The second kappa shape index (κ2) is 11.1. The Morgan fingerprint density at radius 2 is 2.00 bits per heavy atom. The molecule has 0 aromatic heterocycles. The van der Waals surface area contributed by atoms with Crippen molar-refractivity contribution in [3.63, 3.8) is 0 Å². The largest absolute Gasteiger partial charge is 0.381 e. The second-order valence-electron chi connectivity index (χ2n) is 7.90. The van der Waals surface area contributed by atoms with Crippen molar-refractivity contribution >= 4 is 17.6 Å². The van der Waals surface area contributed by atoms with E-state index in [1.807, 2.05) is 18.2 Å². The summed E-state index contributed by atoms with van der Waals surface area (Å²) in [5.41, 5.74) is 1.98. The third-order valence-electron chi connectivity index (χ3n) is 5.41. The number of amides is 1. The second-order valence-corrected chi connectivity index (χ2v) is 7.90. The summed E-state index contributed by atoms with van der Waals surface area (Å²) in [6.45, 7) is 3.21. The molecule has 154 valence electrons. The first-order chi connectivity index (χ1) is 13.7. The van der Waals surface area contributed by atoms with Crippen molar-refractivity contribution in [3.05, 3.63) is 29.8 Å². The molecule has 0 radical (unpaired) electrons. The molecule has 3 N–H and O–H groups in total. The van der Waals surface area contributed by atoms with Crippen LogP contribution in [0.3, 0.4) is 0 Å². The van der Waals surface area contributed by atoms with Gasteiger partial charge in [-0.05, 0) is 55.7 Å². The number of anilines is 1. The van der Waals surface area contributed by atoms with Crippen LogP contribution in [-0.4, -0.2) is 38.7 Å². The minimum atomic E-state index is 0.156. The summed E-state index contributed by atoms with van der Waals surface area (Å²) in [7, 11) is 1.77. The fourth-order valence-electron chi connectivity index (χ4n) is 3.51. The molecule has 28 heavy (non-hydrogen) atoms. The first kappa shape index (κ1) is 20.6. The Morgan fingerprint density at radius 1 is 1.18 bits per heavy atom. The monoisotopic (exact) mass is 386 g/mol. The van der Waals surface area contributed by atoms with E-state index < -0.39 is 0 Å². The lowest BCUT2D eigenvalue weighted by atomic mass is 10.1. The van der Waals surface area contributed by atoms with Gasteiger partial charge in [0.25, 0.3) is 0 Å². The molecule has 0 spiro atoms. The van der Waals surface area contributed by atoms with Gasteiger partial charge in [-0.2, -0.15) is 0 Å². The highest BCUT2D eigenvalue weighted by molar-refractivity contribution is 5.92. The molecule has 2 aliphatic rings. The van der Waals surface area contributed by atoms with E-state index >= 15 is 0 Å². The zero-order valence-corrected chi connectivity index (χ0v) is 17.0. The van der Waals surface area contributed by atoms with Crippen LogP contribution < -0.4 is 16.0 Å². The molecule has 2 saturated carbocycles. The van der Waals surface area contributed by atoms with Gasteiger partial charge in [0.15, 0.2) is 5.96 Å². The molecule has 0 atom stereocenters. The summed E-state index contributed by atoms with van der Waals surface area (Å²) < 4.78 is 5.65. The molecule has 0 bridgehead atoms. The van der Waals surface area contributed by atoms with Crippen molar-refractivity contribution < 1.29 is 9.53 Å². The maximum absolute atomic E-state index is 12.3. The van der Waals surface area contributed by atoms with Gasteiger partial charge in [-0.15, -0.1) is 0 Å². The zero-order chi connectivity index (χ0) is 19.6. The van der Waals surface area contributed by atoms with Crippen LogP contribution in [0.5, 0.6) is 0 Å². The highest BCUT2D eigenvalue weighted by atomic mass is 16.5. The first-order valence-electron chi connectivity index (χ1n) is 10.7. The van der Waals surface area contributed by atoms with E-state index in [-0.39, 0.29) is 11.8 Å². The average molecular weight is 387 g/mol. The van der Waals surface area contributed by atoms with Crippen molar-refractivity contribution in [3.8, 4) is 0 Å². The standard InChI is InChI=1S/C22H34N4O2/c1-23-22(24-12-5-13-28-16-17-10-11-17)25-15-18-6-4-9-20(14-18)26-21(27)19-7-2-3-8-19/h4,6,9,14,17,19H,2-3,5,7-8,10-13,15-16H2,1H3,(H,26,27)(H2,23,24,25). The Morgan fingerprint density at radius 3 is 2.75 bits per heavy atom. The number of carbonyl (C=O) groups excluding carboxylic acids is 1. The summed E-state index contributed by atoms with van der Waals surface area (Å²) in [5.74, 6) is 1.94. The van der Waals surface area contributed by atoms with Crippen molar-refractivity contribution in [2.45, 2.75) is 51.5 Å². The number of hydrogen-bond acceptors (Lipinski definition) is 3. The summed E-state index contributed by atoms with van der Waals surface area (Å²) in [6, 6.07) is 8.01. The number of aliphatic imine (C=N–C) groups is 1. The number of rotatable bonds is 10. The molecule has 0 saturated heterocycles. The maximum atomic E-state index is 12.3. The van der Waals surface area contributed by atoms with Gasteiger partial charge in [0.05, 0.1) is 0 Å². The number of guanidine groups is 1. The van der Waals surface area contributed by atoms with E-state index in [1.54, 1.807) is 7.05 Å². The Labute approximate surface area is 168 Å². The fourth-order valence-corrected chi connectivity index (χ4v) is 3.51. The highest BCUT2D eigenvalue weighted by Gasteiger charge is 2.22. The van der Waals surface area contributed by atoms with Crippen molar-refractivity contribution in [1.82, 2.24) is 10.6 Å². The molecule has 0 unspecified atom stereocenters. The summed E-state index contributed by atoms with van der Waals surface area (Å²) in [4.78, 5) is 16.6. The van der Waals surface area contributed by atoms with Gasteiger partial charge in [0, 0.05) is 45.0 Å². The van der Waals surface area contributed by atoms with Crippen molar-refractivity contribution in [2.24, 2.45) is 16.8 Å². The van der Waals surface area contributed by atoms with Crippen LogP contribution in [0.2, 0.25) is 0 Å². The summed E-state index contributed by atoms with van der Waals surface area (Å²) >= 11 is 0. The first-order valence-corrected chi connectivity index (χ1v) is 10.7. The molecule has 2 fully saturated rings. The molecule has 2 aliphatic carbocycles.